The first-order valence-electron chi connectivity index (χ1n) is 7.66. The molecule has 0 atom stereocenters. The second kappa shape index (κ2) is 8.32. The number of halogens is 2. The number of nitrogens with two attached hydrogens (primary N) is 1. The molecule has 24 heavy (non-hydrogen) atoms. The number of hydrogen-bond donors (Lipinski definition) is 2. The molecule has 0 amide bonds. The van der Waals surface area contributed by atoms with Crippen LogP contribution in [0.4, 0.5) is 10.1 Å². The molecule has 0 spiro atoms. The summed E-state index contributed by atoms with van der Waals surface area (Å²) in [5.74, 6) is 0.436. The van der Waals surface area contributed by atoms with Crippen molar-refractivity contribution in [1.82, 2.24) is 0 Å². The lowest BCUT2D eigenvalue weighted by molar-refractivity contribution is 0.410. The summed E-state index contributed by atoms with van der Waals surface area (Å²) >= 11 is 0. The minimum absolute atomic E-state index is 0. The molecule has 6 heteroatoms. The van der Waals surface area contributed by atoms with Gasteiger partial charge in [0, 0.05) is 11.8 Å². The third kappa shape index (κ3) is 4.59. The maximum Gasteiger partial charge on any atom is 0.193 e. The van der Waals surface area contributed by atoms with E-state index in [1.54, 1.807) is 6.07 Å². The summed E-state index contributed by atoms with van der Waals surface area (Å²) in [6, 6.07) is 10.8. The fourth-order valence-electron chi connectivity index (χ4n) is 2.84. The van der Waals surface area contributed by atoms with E-state index < -0.39 is 0 Å². The van der Waals surface area contributed by atoms with Crippen LogP contribution in [-0.4, -0.2) is 13.1 Å². The van der Waals surface area contributed by atoms with E-state index in [2.05, 4.69) is 22.4 Å². The molecule has 4 nitrogen and oxygen atoms in total. The number of ether oxygens (including phenoxy) is 1. The first-order valence-corrected chi connectivity index (χ1v) is 7.66. The molecule has 3 rings (SSSR count). The van der Waals surface area contributed by atoms with Crippen molar-refractivity contribution in [2.75, 3.05) is 12.4 Å². The van der Waals surface area contributed by atoms with E-state index in [1.165, 1.54) is 36.8 Å². The van der Waals surface area contributed by atoms with Crippen molar-refractivity contribution in [3.05, 3.63) is 58.9 Å². The molecule has 0 unspecified atom stereocenters. The molecule has 0 heterocycles. The van der Waals surface area contributed by atoms with Gasteiger partial charge in [0.2, 0.25) is 0 Å². The van der Waals surface area contributed by atoms with Gasteiger partial charge in [-0.15, -0.1) is 24.0 Å². The van der Waals surface area contributed by atoms with E-state index in [4.69, 9.17) is 10.5 Å². The van der Waals surface area contributed by atoms with Gasteiger partial charge < -0.3 is 15.8 Å². The largest absolute Gasteiger partial charge is 0.497 e. The number of aryl methyl sites for hydroxylation is 2. The number of methoxy groups -OCH3 is 1. The van der Waals surface area contributed by atoms with Crippen molar-refractivity contribution in [2.45, 2.75) is 25.8 Å². The Balaban J connectivity index is 0.00000208. The number of nitrogens with zero attached hydrogens (tertiary/aromatic N) is 1. The smallest absolute Gasteiger partial charge is 0.193 e. The van der Waals surface area contributed by atoms with Gasteiger partial charge >= 0.3 is 0 Å². The van der Waals surface area contributed by atoms with E-state index in [0.29, 0.717) is 17.3 Å². The summed E-state index contributed by atoms with van der Waals surface area (Å²) in [6.45, 7) is 0.290. The zero-order valence-electron chi connectivity index (χ0n) is 13.5. The highest BCUT2D eigenvalue weighted by Crippen LogP contribution is 2.24. The Kier molecular flexibility index (Phi) is 6.42. The standard InChI is InChI=1S/C18H20FN3O.HI/c1-23-17-8-12(7-15(19)10-17)11-21-18(20)22-16-6-5-13-3-2-4-14(13)9-16;/h5-10H,2-4,11H2,1H3,(H3,20,21,22);1H. The van der Waals surface area contributed by atoms with Crippen LogP contribution in [0.25, 0.3) is 0 Å². The summed E-state index contributed by atoms with van der Waals surface area (Å²) in [5.41, 5.74) is 10.4. The lowest BCUT2D eigenvalue weighted by Gasteiger charge is -2.08. The van der Waals surface area contributed by atoms with Gasteiger partial charge in [-0.05, 0) is 60.2 Å². The highest BCUT2D eigenvalue weighted by atomic mass is 127. The topological polar surface area (TPSA) is 59.6 Å². The van der Waals surface area contributed by atoms with Crippen LogP contribution in [0.5, 0.6) is 5.75 Å². The van der Waals surface area contributed by atoms with E-state index in [-0.39, 0.29) is 36.3 Å². The Morgan fingerprint density at radius 1 is 1.21 bits per heavy atom. The molecule has 0 saturated carbocycles. The second-order valence-electron chi connectivity index (χ2n) is 5.66. The second-order valence-corrected chi connectivity index (χ2v) is 5.66. The van der Waals surface area contributed by atoms with E-state index in [9.17, 15) is 4.39 Å². The number of benzene rings is 2. The van der Waals surface area contributed by atoms with E-state index in [0.717, 1.165) is 18.5 Å². The SMILES string of the molecule is COc1cc(F)cc(CN=C(N)Nc2ccc3c(c2)CCC3)c1.I. The van der Waals surface area contributed by atoms with E-state index in [1.807, 2.05) is 6.07 Å². The Morgan fingerprint density at radius 3 is 2.79 bits per heavy atom. The highest BCUT2D eigenvalue weighted by molar-refractivity contribution is 14.0. The van der Waals surface area contributed by atoms with Crippen molar-refractivity contribution < 1.29 is 9.13 Å². The highest BCUT2D eigenvalue weighted by Gasteiger charge is 2.10. The molecule has 0 aliphatic heterocycles. The third-order valence-corrected chi connectivity index (χ3v) is 3.97. The molecular formula is C18H21FIN3O. The number of aliphatic imine (C=N–C) groups is 1. The Hall–Kier alpha value is -1.83. The van der Waals surface area contributed by atoms with Gasteiger partial charge in [0.1, 0.15) is 11.6 Å². The maximum absolute atomic E-state index is 13.4. The summed E-state index contributed by atoms with van der Waals surface area (Å²) in [5, 5.41) is 3.09. The Labute approximate surface area is 158 Å². The van der Waals surface area contributed by atoms with Crippen LogP contribution < -0.4 is 15.8 Å². The van der Waals surface area contributed by atoms with Crippen molar-refractivity contribution in [2.24, 2.45) is 10.7 Å². The van der Waals surface area contributed by atoms with Crippen LogP contribution in [-0.2, 0) is 19.4 Å². The third-order valence-electron chi connectivity index (χ3n) is 3.97. The van der Waals surface area contributed by atoms with Gasteiger partial charge in [0.25, 0.3) is 0 Å². The van der Waals surface area contributed by atoms with Gasteiger partial charge in [0.15, 0.2) is 5.96 Å². The molecule has 0 saturated heterocycles. The summed E-state index contributed by atoms with van der Waals surface area (Å²) in [6.07, 6.45) is 3.48. The van der Waals surface area contributed by atoms with Crippen molar-refractivity contribution in [3.8, 4) is 5.75 Å². The first kappa shape index (κ1) is 18.5. The minimum Gasteiger partial charge on any atom is -0.497 e. The summed E-state index contributed by atoms with van der Waals surface area (Å²) in [7, 11) is 1.51. The molecule has 2 aromatic rings. The number of fused-ring (bicyclic) bond motifs is 1. The number of nitrogens with one attached hydrogen (secondary N) is 1. The van der Waals surface area contributed by atoms with Crippen LogP contribution in [0.2, 0.25) is 0 Å². The summed E-state index contributed by atoms with van der Waals surface area (Å²) < 4.78 is 18.5. The molecule has 0 bridgehead atoms. The molecule has 0 radical (unpaired) electrons. The van der Waals surface area contributed by atoms with Crippen LogP contribution >= 0.6 is 24.0 Å². The van der Waals surface area contributed by atoms with Gasteiger partial charge in [-0.3, -0.25) is 0 Å². The Morgan fingerprint density at radius 2 is 2.00 bits per heavy atom. The molecule has 2 aromatic carbocycles. The minimum atomic E-state index is -0.347. The van der Waals surface area contributed by atoms with Crippen LogP contribution in [0, 0.1) is 5.82 Å². The van der Waals surface area contributed by atoms with Crippen LogP contribution in [0.3, 0.4) is 0 Å². The average molecular weight is 441 g/mol. The molecular weight excluding hydrogens is 420 g/mol. The maximum atomic E-state index is 13.4. The number of anilines is 1. The first-order chi connectivity index (χ1) is 11.1. The Bertz CT molecular complexity index is 749. The average Bonchev–Trinajstić information content (AvgIpc) is 3.00. The van der Waals surface area contributed by atoms with Crippen molar-refractivity contribution >= 4 is 35.6 Å². The molecule has 0 fully saturated rings. The molecule has 3 N–H and O–H groups in total. The van der Waals surface area contributed by atoms with Crippen molar-refractivity contribution in [3.63, 3.8) is 0 Å². The van der Waals surface area contributed by atoms with Gasteiger partial charge in [-0.2, -0.15) is 0 Å². The van der Waals surface area contributed by atoms with Crippen LogP contribution in [0.1, 0.15) is 23.1 Å². The fourth-order valence-corrected chi connectivity index (χ4v) is 2.84. The monoisotopic (exact) mass is 441 g/mol. The lowest BCUT2D eigenvalue weighted by Crippen LogP contribution is -2.22. The van der Waals surface area contributed by atoms with E-state index >= 15 is 0 Å². The van der Waals surface area contributed by atoms with Gasteiger partial charge in [-0.1, -0.05) is 6.07 Å². The number of rotatable bonds is 4. The zero-order valence-corrected chi connectivity index (χ0v) is 15.8. The molecule has 0 aromatic heterocycles. The lowest BCUT2D eigenvalue weighted by atomic mass is 10.1. The summed E-state index contributed by atoms with van der Waals surface area (Å²) in [4.78, 5) is 4.26. The number of guanidine groups is 1. The fraction of sp³-hybridized carbons (Fsp3) is 0.278. The molecule has 1 aliphatic rings. The molecule has 128 valence electrons. The number of hydrogen-bond acceptors (Lipinski definition) is 2. The van der Waals surface area contributed by atoms with Crippen LogP contribution in [0.15, 0.2) is 41.4 Å². The van der Waals surface area contributed by atoms with Gasteiger partial charge in [-0.25, -0.2) is 9.38 Å². The van der Waals surface area contributed by atoms with Crippen molar-refractivity contribution in [1.29, 1.82) is 0 Å². The predicted molar refractivity (Wildman–Crippen MR) is 106 cm³/mol. The van der Waals surface area contributed by atoms with Gasteiger partial charge in [0.05, 0.1) is 13.7 Å². The zero-order chi connectivity index (χ0) is 16.2. The normalized spacial score (nSPS) is 13.2. The predicted octanol–water partition coefficient (Wildman–Crippen LogP) is 3.87. The molecule has 1 aliphatic carbocycles. The quantitative estimate of drug-likeness (QED) is 0.431.